The number of methoxy groups -OCH3 is 1. The van der Waals surface area contributed by atoms with Crippen LogP contribution in [-0.2, 0) is 12.3 Å². The van der Waals surface area contributed by atoms with Gasteiger partial charge in [0.25, 0.3) is 5.56 Å². The maximum Gasteiger partial charge on any atom is 0.262 e. The lowest BCUT2D eigenvalue weighted by molar-refractivity contribution is 0.391. The highest BCUT2D eigenvalue weighted by molar-refractivity contribution is 7.98. The SMILES string of the molecule is COc1ccc(Cn2c(SCc3nc(-c4cccc(Cl)c4)no3)nc3ccccc3c2=O)cc1. The van der Waals surface area contributed by atoms with E-state index in [0.717, 1.165) is 16.9 Å². The Morgan fingerprint density at radius 1 is 1.03 bits per heavy atom. The van der Waals surface area contributed by atoms with Crippen molar-refractivity contribution in [2.75, 3.05) is 7.11 Å². The third-order valence-corrected chi connectivity index (χ3v) is 6.40. The van der Waals surface area contributed by atoms with Gasteiger partial charge in [0.15, 0.2) is 5.16 Å². The van der Waals surface area contributed by atoms with Crippen molar-refractivity contribution in [2.45, 2.75) is 17.5 Å². The van der Waals surface area contributed by atoms with Crippen LogP contribution in [0.5, 0.6) is 5.75 Å². The fourth-order valence-electron chi connectivity index (χ4n) is 3.50. The number of aromatic nitrogens is 4. The Morgan fingerprint density at radius 2 is 1.85 bits per heavy atom. The van der Waals surface area contributed by atoms with Crippen molar-refractivity contribution in [1.29, 1.82) is 0 Å². The number of nitrogens with zero attached hydrogens (tertiary/aromatic N) is 4. The summed E-state index contributed by atoms with van der Waals surface area (Å²) >= 11 is 7.44. The van der Waals surface area contributed by atoms with E-state index in [2.05, 4.69) is 10.1 Å². The van der Waals surface area contributed by atoms with Crippen LogP contribution in [-0.4, -0.2) is 26.8 Å². The average Bonchev–Trinajstić information content (AvgIpc) is 3.34. The second kappa shape index (κ2) is 9.70. The Balaban J connectivity index is 1.45. The molecule has 170 valence electrons. The molecule has 3 aromatic carbocycles. The van der Waals surface area contributed by atoms with Crippen molar-refractivity contribution in [1.82, 2.24) is 19.7 Å². The van der Waals surface area contributed by atoms with Gasteiger partial charge in [-0.2, -0.15) is 4.98 Å². The maximum atomic E-state index is 13.3. The van der Waals surface area contributed by atoms with Crippen LogP contribution >= 0.6 is 23.4 Å². The van der Waals surface area contributed by atoms with Crippen LogP contribution in [0.15, 0.2) is 87.3 Å². The van der Waals surface area contributed by atoms with Gasteiger partial charge in [0.2, 0.25) is 11.7 Å². The van der Waals surface area contributed by atoms with Crippen molar-refractivity contribution in [3.05, 3.63) is 99.6 Å². The average molecular weight is 491 g/mol. The minimum absolute atomic E-state index is 0.103. The van der Waals surface area contributed by atoms with Gasteiger partial charge in [-0.05, 0) is 42.0 Å². The summed E-state index contributed by atoms with van der Waals surface area (Å²) in [6, 6.07) is 22.2. The molecular formula is C25H19ClN4O3S. The summed E-state index contributed by atoms with van der Waals surface area (Å²) in [4.78, 5) is 22.5. The molecule has 9 heteroatoms. The number of halogens is 1. The van der Waals surface area contributed by atoms with Gasteiger partial charge in [-0.15, -0.1) is 0 Å². The Bertz CT molecular complexity index is 1520. The number of benzene rings is 3. The highest BCUT2D eigenvalue weighted by Gasteiger charge is 2.15. The monoisotopic (exact) mass is 490 g/mol. The normalized spacial score (nSPS) is 11.1. The predicted molar refractivity (Wildman–Crippen MR) is 132 cm³/mol. The summed E-state index contributed by atoms with van der Waals surface area (Å²) < 4.78 is 12.3. The molecule has 0 amide bonds. The van der Waals surface area contributed by atoms with E-state index >= 15 is 0 Å². The number of thioether (sulfide) groups is 1. The van der Waals surface area contributed by atoms with Crippen LogP contribution in [0.4, 0.5) is 0 Å². The molecule has 5 aromatic rings. The van der Waals surface area contributed by atoms with E-state index in [-0.39, 0.29) is 5.56 Å². The zero-order chi connectivity index (χ0) is 23.5. The van der Waals surface area contributed by atoms with Crippen molar-refractivity contribution < 1.29 is 9.26 Å². The fraction of sp³-hybridized carbons (Fsp3) is 0.120. The van der Waals surface area contributed by atoms with Gasteiger partial charge in [0.05, 0.1) is 30.3 Å². The molecule has 0 spiro atoms. The number of ether oxygens (including phenoxy) is 1. The van der Waals surface area contributed by atoms with Crippen molar-refractivity contribution >= 4 is 34.3 Å². The summed E-state index contributed by atoms with van der Waals surface area (Å²) in [6.07, 6.45) is 0. The molecule has 0 aliphatic heterocycles. The molecule has 0 unspecified atom stereocenters. The molecule has 2 heterocycles. The summed E-state index contributed by atoms with van der Waals surface area (Å²) in [5.41, 5.74) is 2.27. The highest BCUT2D eigenvalue weighted by atomic mass is 35.5. The molecule has 0 bridgehead atoms. The van der Waals surface area contributed by atoms with Gasteiger partial charge in [-0.25, -0.2) is 4.98 Å². The van der Waals surface area contributed by atoms with Crippen LogP contribution in [0, 0.1) is 0 Å². The second-order valence-electron chi connectivity index (χ2n) is 7.46. The van der Waals surface area contributed by atoms with E-state index in [1.807, 2.05) is 54.6 Å². The Morgan fingerprint density at radius 3 is 2.65 bits per heavy atom. The highest BCUT2D eigenvalue weighted by Crippen LogP contribution is 2.25. The molecular weight excluding hydrogens is 472 g/mol. The Kier molecular flexibility index (Phi) is 6.33. The largest absolute Gasteiger partial charge is 0.497 e. The fourth-order valence-corrected chi connectivity index (χ4v) is 4.52. The summed E-state index contributed by atoms with van der Waals surface area (Å²) in [5, 5.41) is 5.80. The first kappa shape index (κ1) is 22.2. The quantitative estimate of drug-likeness (QED) is 0.221. The minimum Gasteiger partial charge on any atom is -0.497 e. The molecule has 0 N–H and O–H groups in total. The zero-order valence-electron chi connectivity index (χ0n) is 18.1. The molecule has 0 aliphatic carbocycles. The first-order valence-electron chi connectivity index (χ1n) is 10.4. The molecule has 5 rings (SSSR count). The number of para-hydroxylation sites is 1. The van der Waals surface area contributed by atoms with E-state index in [1.165, 1.54) is 11.8 Å². The molecule has 2 aromatic heterocycles. The molecule has 0 atom stereocenters. The lowest BCUT2D eigenvalue weighted by Crippen LogP contribution is -2.24. The third-order valence-electron chi connectivity index (χ3n) is 5.20. The standard InChI is InChI=1S/C25H19ClN4O3S/c1-32-19-11-9-16(10-12-19)14-30-24(31)20-7-2-3-8-21(20)27-25(30)34-15-22-28-23(29-33-22)17-5-4-6-18(26)13-17/h2-13H,14-15H2,1H3. The summed E-state index contributed by atoms with van der Waals surface area (Å²) in [6.45, 7) is 0.376. The van der Waals surface area contributed by atoms with Gasteiger partial charge < -0.3 is 9.26 Å². The molecule has 0 aliphatic rings. The van der Waals surface area contributed by atoms with E-state index in [9.17, 15) is 4.79 Å². The van der Waals surface area contributed by atoms with Crippen molar-refractivity contribution in [3.63, 3.8) is 0 Å². The van der Waals surface area contributed by atoms with E-state index in [4.69, 9.17) is 25.8 Å². The summed E-state index contributed by atoms with van der Waals surface area (Å²) in [5.74, 6) is 2.01. The molecule has 34 heavy (non-hydrogen) atoms. The van der Waals surface area contributed by atoms with E-state index in [1.54, 1.807) is 29.9 Å². The third kappa shape index (κ3) is 4.69. The van der Waals surface area contributed by atoms with Gasteiger partial charge in [0, 0.05) is 10.6 Å². The second-order valence-corrected chi connectivity index (χ2v) is 8.84. The van der Waals surface area contributed by atoms with Gasteiger partial charge >= 0.3 is 0 Å². The number of hydrogen-bond donors (Lipinski definition) is 0. The van der Waals surface area contributed by atoms with Crippen LogP contribution < -0.4 is 10.3 Å². The van der Waals surface area contributed by atoms with E-state index < -0.39 is 0 Å². The first-order valence-corrected chi connectivity index (χ1v) is 11.8. The van der Waals surface area contributed by atoms with Crippen molar-refractivity contribution in [3.8, 4) is 17.1 Å². The first-order chi connectivity index (χ1) is 16.6. The molecule has 0 saturated carbocycles. The Labute approximate surface area is 204 Å². The molecule has 0 radical (unpaired) electrons. The Hall–Kier alpha value is -3.62. The number of hydrogen-bond acceptors (Lipinski definition) is 7. The predicted octanol–water partition coefficient (Wildman–Crippen LogP) is 5.45. The van der Waals surface area contributed by atoms with Gasteiger partial charge in [-0.3, -0.25) is 9.36 Å². The molecule has 7 nitrogen and oxygen atoms in total. The smallest absolute Gasteiger partial charge is 0.262 e. The summed E-state index contributed by atoms with van der Waals surface area (Å²) in [7, 11) is 1.62. The topological polar surface area (TPSA) is 83.0 Å². The van der Waals surface area contributed by atoms with Gasteiger partial charge in [-0.1, -0.05) is 64.9 Å². The lowest BCUT2D eigenvalue weighted by Gasteiger charge is -2.13. The van der Waals surface area contributed by atoms with Crippen LogP contribution in [0.25, 0.3) is 22.3 Å². The molecule has 0 saturated heterocycles. The minimum atomic E-state index is -0.103. The van der Waals surface area contributed by atoms with E-state index in [0.29, 0.717) is 45.1 Å². The number of rotatable bonds is 7. The van der Waals surface area contributed by atoms with Crippen LogP contribution in [0.3, 0.4) is 0 Å². The lowest BCUT2D eigenvalue weighted by atomic mass is 10.2. The number of fused-ring (bicyclic) bond motifs is 1. The molecule has 0 fully saturated rings. The van der Waals surface area contributed by atoms with Crippen LogP contribution in [0.1, 0.15) is 11.5 Å². The maximum absolute atomic E-state index is 13.3. The van der Waals surface area contributed by atoms with Crippen LogP contribution in [0.2, 0.25) is 5.02 Å². The van der Waals surface area contributed by atoms with Gasteiger partial charge in [0.1, 0.15) is 5.75 Å². The zero-order valence-corrected chi connectivity index (χ0v) is 19.7. The van der Waals surface area contributed by atoms with Crippen molar-refractivity contribution in [2.24, 2.45) is 0 Å².